The molecule has 6 heteroatoms. The number of ether oxygens (including phenoxy) is 3. The monoisotopic (exact) mass is 353 g/mol. The molecule has 0 aliphatic carbocycles. The second kappa shape index (κ2) is 9.51. The molecule has 25 heavy (non-hydrogen) atoms. The maximum absolute atomic E-state index is 11.9. The number of aliphatic hydroxyl groups excluding tert-OH is 1. The lowest BCUT2D eigenvalue weighted by atomic mass is 10.00. The van der Waals surface area contributed by atoms with E-state index >= 15 is 0 Å². The van der Waals surface area contributed by atoms with Crippen molar-refractivity contribution < 1.29 is 24.1 Å². The molecule has 1 aromatic rings. The van der Waals surface area contributed by atoms with E-state index < -0.39 is 17.7 Å². The number of hydrogen-bond acceptors (Lipinski definition) is 5. The fourth-order valence-electron chi connectivity index (χ4n) is 2.55. The van der Waals surface area contributed by atoms with E-state index in [1.54, 1.807) is 35.0 Å². The lowest BCUT2D eigenvalue weighted by molar-refractivity contribution is 0.0482. The SMILES string of the molecule is CCCc1cc(OC)c(CC(CO)NC(=O)OC(C)(C)C)cc1OC. The third-order valence-electron chi connectivity index (χ3n) is 3.61. The Kier molecular flexibility index (Phi) is 8.03. The maximum atomic E-state index is 11.9. The van der Waals surface area contributed by atoms with Gasteiger partial charge in [0.25, 0.3) is 0 Å². The third-order valence-corrected chi connectivity index (χ3v) is 3.61. The van der Waals surface area contributed by atoms with E-state index in [0.717, 1.165) is 29.7 Å². The average molecular weight is 353 g/mol. The van der Waals surface area contributed by atoms with Crippen molar-refractivity contribution in [1.82, 2.24) is 5.32 Å². The molecule has 0 spiro atoms. The molecular weight excluding hydrogens is 322 g/mol. The van der Waals surface area contributed by atoms with Gasteiger partial charge in [0.1, 0.15) is 17.1 Å². The Balaban J connectivity index is 2.96. The van der Waals surface area contributed by atoms with Gasteiger partial charge in [0.2, 0.25) is 0 Å². The van der Waals surface area contributed by atoms with Crippen LogP contribution < -0.4 is 14.8 Å². The highest BCUT2D eigenvalue weighted by atomic mass is 16.6. The van der Waals surface area contributed by atoms with Crippen molar-refractivity contribution in [3.8, 4) is 11.5 Å². The Labute approximate surface area is 150 Å². The van der Waals surface area contributed by atoms with Gasteiger partial charge in [-0.05, 0) is 56.9 Å². The second-order valence-electron chi connectivity index (χ2n) is 6.96. The lowest BCUT2D eigenvalue weighted by Crippen LogP contribution is -2.42. The van der Waals surface area contributed by atoms with Gasteiger partial charge < -0.3 is 24.6 Å². The summed E-state index contributed by atoms with van der Waals surface area (Å²) in [5.41, 5.74) is 1.34. The lowest BCUT2D eigenvalue weighted by Gasteiger charge is -2.23. The van der Waals surface area contributed by atoms with Crippen LogP contribution in [0.1, 0.15) is 45.2 Å². The quantitative estimate of drug-likeness (QED) is 0.751. The van der Waals surface area contributed by atoms with E-state index in [2.05, 4.69) is 12.2 Å². The molecule has 0 fully saturated rings. The topological polar surface area (TPSA) is 77.0 Å². The number of amides is 1. The standard InChI is InChI=1S/C19H31NO5/c1-7-8-13-10-17(24-6)14(11-16(13)23-5)9-15(12-21)20-18(22)25-19(2,3)4/h10-11,15,21H,7-9,12H2,1-6H3,(H,20,22). The molecule has 1 aromatic carbocycles. The van der Waals surface area contributed by atoms with Crippen LogP contribution in [0.2, 0.25) is 0 Å². The number of carbonyl (C=O) groups is 1. The number of aryl methyl sites for hydroxylation is 1. The summed E-state index contributed by atoms with van der Waals surface area (Å²) in [6, 6.07) is 3.38. The molecule has 0 heterocycles. The molecule has 142 valence electrons. The Morgan fingerprint density at radius 2 is 1.72 bits per heavy atom. The number of nitrogens with one attached hydrogen (secondary N) is 1. The molecule has 0 aliphatic rings. The van der Waals surface area contributed by atoms with Crippen molar-refractivity contribution in [1.29, 1.82) is 0 Å². The van der Waals surface area contributed by atoms with Crippen molar-refractivity contribution in [3.63, 3.8) is 0 Å². The molecular formula is C19H31NO5. The zero-order valence-electron chi connectivity index (χ0n) is 16.1. The number of carbonyl (C=O) groups excluding carboxylic acids is 1. The van der Waals surface area contributed by atoms with Gasteiger partial charge in [-0.2, -0.15) is 0 Å². The van der Waals surface area contributed by atoms with Gasteiger partial charge in [0, 0.05) is 0 Å². The predicted molar refractivity (Wildman–Crippen MR) is 97.5 cm³/mol. The zero-order chi connectivity index (χ0) is 19.0. The van der Waals surface area contributed by atoms with Crippen LogP contribution in [-0.4, -0.2) is 43.7 Å². The van der Waals surface area contributed by atoms with Crippen LogP contribution in [-0.2, 0) is 17.6 Å². The minimum Gasteiger partial charge on any atom is -0.496 e. The van der Waals surface area contributed by atoms with Crippen LogP contribution in [0.4, 0.5) is 4.79 Å². The normalized spacial score (nSPS) is 12.4. The second-order valence-corrected chi connectivity index (χ2v) is 6.96. The molecule has 0 radical (unpaired) electrons. The van der Waals surface area contributed by atoms with Crippen LogP contribution >= 0.6 is 0 Å². The van der Waals surface area contributed by atoms with Crippen LogP contribution in [0.5, 0.6) is 11.5 Å². The van der Waals surface area contributed by atoms with Crippen molar-refractivity contribution >= 4 is 6.09 Å². The van der Waals surface area contributed by atoms with Crippen molar-refractivity contribution in [3.05, 3.63) is 23.3 Å². The van der Waals surface area contributed by atoms with Crippen molar-refractivity contribution in [2.45, 2.75) is 58.6 Å². The van der Waals surface area contributed by atoms with Gasteiger partial charge in [-0.3, -0.25) is 0 Å². The first-order valence-corrected chi connectivity index (χ1v) is 8.58. The van der Waals surface area contributed by atoms with Gasteiger partial charge in [-0.15, -0.1) is 0 Å². The van der Waals surface area contributed by atoms with E-state index in [1.165, 1.54) is 0 Å². The van der Waals surface area contributed by atoms with E-state index in [9.17, 15) is 9.90 Å². The first-order chi connectivity index (χ1) is 11.7. The minimum absolute atomic E-state index is 0.207. The summed E-state index contributed by atoms with van der Waals surface area (Å²) in [5, 5.41) is 12.3. The van der Waals surface area contributed by atoms with Crippen LogP contribution in [0.15, 0.2) is 12.1 Å². The highest BCUT2D eigenvalue weighted by Crippen LogP contribution is 2.30. The van der Waals surface area contributed by atoms with Gasteiger partial charge in [-0.1, -0.05) is 13.3 Å². The summed E-state index contributed by atoms with van der Waals surface area (Å²) < 4.78 is 16.2. The van der Waals surface area contributed by atoms with Gasteiger partial charge in [0.15, 0.2) is 0 Å². The summed E-state index contributed by atoms with van der Waals surface area (Å²) in [5.74, 6) is 1.50. The smallest absolute Gasteiger partial charge is 0.407 e. The third kappa shape index (κ3) is 6.82. The van der Waals surface area contributed by atoms with E-state index in [0.29, 0.717) is 12.2 Å². The Morgan fingerprint density at radius 1 is 1.16 bits per heavy atom. The summed E-state index contributed by atoms with van der Waals surface area (Å²) >= 11 is 0. The summed E-state index contributed by atoms with van der Waals surface area (Å²) in [6.07, 6.45) is 1.74. The largest absolute Gasteiger partial charge is 0.496 e. The number of alkyl carbamates (subject to hydrolysis) is 1. The zero-order valence-corrected chi connectivity index (χ0v) is 16.1. The first-order valence-electron chi connectivity index (χ1n) is 8.58. The fraction of sp³-hybridized carbons (Fsp3) is 0.632. The van der Waals surface area contributed by atoms with Crippen molar-refractivity contribution in [2.75, 3.05) is 20.8 Å². The molecule has 1 amide bonds. The molecule has 6 nitrogen and oxygen atoms in total. The molecule has 0 aromatic heterocycles. The highest BCUT2D eigenvalue weighted by molar-refractivity contribution is 5.68. The van der Waals surface area contributed by atoms with Gasteiger partial charge in [-0.25, -0.2) is 4.79 Å². The Bertz CT molecular complexity index is 566. The molecule has 0 saturated heterocycles. The number of benzene rings is 1. The number of hydrogen-bond donors (Lipinski definition) is 2. The van der Waals surface area contributed by atoms with E-state index in [-0.39, 0.29) is 6.61 Å². The molecule has 1 rings (SSSR count). The van der Waals surface area contributed by atoms with Crippen molar-refractivity contribution in [2.24, 2.45) is 0 Å². The summed E-state index contributed by atoms with van der Waals surface area (Å²) in [4.78, 5) is 11.9. The van der Waals surface area contributed by atoms with E-state index in [4.69, 9.17) is 14.2 Å². The highest BCUT2D eigenvalue weighted by Gasteiger charge is 2.21. The molecule has 0 bridgehead atoms. The molecule has 0 saturated carbocycles. The Hall–Kier alpha value is -1.95. The maximum Gasteiger partial charge on any atom is 0.407 e. The van der Waals surface area contributed by atoms with Crippen LogP contribution in [0.3, 0.4) is 0 Å². The minimum atomic E-state index is -0.590. The summed E-state index contributed by atoms with van der Waals surface area (Å²) in [6.45, 7) is 7.27. The predicted octanol–water partition coefficient (Wildman–Crippen LogP) is 3.08. The van der Waals surface area contributed by atoms with Crippen LogP contribution in [0, 0.1) is 0 Å². The molecule has 2 N–H and O–H groups in total. The number of aliphatic hydroxyl groups is 1. The molecule has 1 unspecified atom stereocenters. The first kappa shape index (κ1) is 21.1. The average Bonchev–Trinajstić information content (AvgIpc) is 2.53. The fourth-order valence-corrected chi connectivity index (χ4v) is 2.55. The van der Waals surface area contributed by atoms with E-state index in [1.807, 2.05) is 12.1 Å². The van der Waals surface area contributed by atoms with Gasteiger partial charge >= 0.3 is 6.09 Å². The molecule has 1 atom stereocenters. The Morgan fingerprint density at radius 3 is 2.20 bits per heavy atom. The van der Waals surface area contributed by atoms with Crippen LogP contribution in [0.25, 0.3) is 0 Å². The summed E-state index contributed by atoms with van der Waals surface area (Å²) in [7, 11) is 3.24. The number of methoxy groups -OCH3 is 2. The molecule has 0 aliphatic heterocycles. The van der Waals surface area contributed by atoms with Gasteiger partial charge in [0.05, 0.1) is 26.9 Å². The number of rotatable bonds is 8.